The Kier molecular flexibility index (Phi) is 3.98. The lowest BCUT2D eigenvalue weighted by atomic mass is 10.2. The monoisotopic (exact) mass is 320 g/mol. The molecule has 7 heteroatoms. The predicted molar refractivity (Wildman–Crippen MR) is 80.6 cm³/mol. The van der Waals surface area contributed by atoms with Gasteiger partial charge in [0.15, 0.2) is 0 Å². The standard InChI is InChI=1S/C15H16N2O4S/c1-9-10(16-14(21-9)12-5-3-7-22-12)8-13(18)17-6-2-4-11(17)15(19)20/h3,5,7,11H,2,4,6,8H2,1H3,(H,19,20). The fraction of sp³-hybridized carbons (Fsp3) is 0.400. The van der Waals surface area contributed by atoms with Crippen molar-refractivity contribution in [1.29, 1.82) is 0 Å². The van der Waals surface area contributed by atoms with Crippen LogP contribution in [0.2, 0.25) is 0 Å². The first-order valence-electron chi connectivity index (χ1n) is 7.08. The van der Waals surface area contributed by atoms with Crippen LogP contribution < -0.4 is 0 Å². The number of carbonyl (C=O) groups excluding carboxylic acids is 1. The van der Waals surface area contributed by atoms with E-state index < -0.39 is 12.0 Å². The first-order chi connectivity index (χ1) is 10.6. The summed E-state index contributed by atoms with van der Waals surface area (Å²) >= 11 is 1.52. The van der Waals surface area contributed by atoms with Gasteiger partial charge in [0.1, 0.15) is 11.8 Å². The van der Waals surface area contributed by atoms with Gasteiger partial charge in [-0.25, -0.2) is 9.78 Å². The van der Waals surface area contributed by atoms with E-state index in [1.807, 2.05) is 17.5 Å². The number of nitrogens with zero attached hydrogens (tertiary/aromatic N) is 2. The van der Waals surface area contributed by atoms with E-state index in [4.69, 9.17) is 9.52 Å². The predicted octanol–water partition coefficient (Wildman–Crippen LogP) is 2.33. The third-order valence-electron chi connectivity index (χ3n) is 3.80. The van der Waals surface area contributed by atoms with E-state index in [0.717, 1.165) is 11.3 Å². The number of likely N-dealkylation sites (tertiary alicyclic amines) is 1. The second kappa shape index (κ2) is 5.92. The summed E-state index contributed by atoms with van der Waals surface area (Å²) in [6, 6.07) is 3.10. The van der Waals surface area contributed by atoms with E-state index in [1.54, 1.807) is 6.92 Å². The molecule has 1 aliphatic heterocycles. The van der Waals surface area contributed by atoms with Gasteiger partial charge in [0.2, 0.25) is 11.8 Å². The molecule has 0 bridgehead atoms. The number of aliphatic carboxylic acids is 1. The van der Waals surface area contributed by atoms with Gasteiger partial charge in [0.25, 0.3) is 0 Å². The van der Waals surface area contributed by atoms with Crippen LogP contribution in [0.15, 0.2) is 21.9 Å². The van der Waals surface area contributed by atoms with E-state index in [0.29, 0.717) is 30.3 Å². The number of carboxylic acid groups (broad SMARTS) is 1. The van der Waals surface area contributed by atoms with E-state index in [2.05, 4.69) is 4.98 Å². The van der Waals surface area contributed by atoms with Crippen LogP contribution in [0.25, 0.3) is 10.8 Å². The molecule has 1 amide bonds. The molecule has 0 spiro atoms. The molecule has 1 aliphatic rings. The molecular weight excluding hydrogens is 304 g/mol. The van der Waals surface area contributed by atoms with Gasteiger partial charge in [-0.15, -0.1) is 11.3 Å². The van der Waals surface area contributed by atoms with Gasteiger partial charge in [-0.1, -0.05) is 6.07 Å². The molecule has 3 heterocycles. The van der Waals surface area contributed by atoms with Gasteiger partial charge in [0, 0.05) is 6.54 Å². The molecule has 0 saturated carbocycles. The van der Waals surface area contributed by atoms with Crippen LogP contribution in [-0.4, -0.2) is 39.5 Å². The lowest BCUT2D eigenvalue weighted by molar-refractivity contribution is -0.148. The molecule has 1 fully saturated rings. The first-order valence-corrected chi connectivity index (χ1v) is 7.96. The van der Waals surface area contributed by atoms with Gasteiger partial charge >= 0.3 is 5.97 Å². The number of oxazole rings is 1. The lowest BCUT2D eigenvalue weighted by Crippen LogP contribution is -2.41. The summed E-state index contributed by atoms with van der Waals surface area (Å²) < 4.78 is 5.61. The average Bonchev–Trinajstić information content (AvgIpc) is 3.18. The molecule has 6 nitrogen and oxygen atoms in total. The number of aryl methyl sites for hydroxylation is 1. The SMILES string of the molecule is Cc1oc(-c2cccs2)nc1CC(=O)N1CCCC1C(=O)O. The summed E-state index contributed by atoms with van der Waals surface area (Å²) in [5.41, 5.74) is 0.574. The first kappa shape index (κ1) is 14.8. The highest BCUT2D eigenvalue weighted by Crippen LogP contribution is 2.27. The van der Waals surface area contributed by atoms with Crippen LogP contribution in [0, 0.1) is 6.92 Å². The highest BCUT2D eigenvalue weighted by atomic mass is 32.1. The van der Waals surface area contributed by atoms with Crippen molar-refractivity contribution in [2.45, 2.75) is 32.2 Å². The summed E-state index contributed by atoms with van der Waals surface area (Å²) in [7, 11) is 0. The van der Waals surface area contributed by atoms with Crippen LogP contribution in [0.4, 0.5) is 0 Å². The maximum Gasteiger partial charge on any atom is 0.326 e. The summed E-state index contributed by atoms with van der Waals surface area (Å²) in [5, 5.41) is 11.1. The molecule has 1 atom stereocenters. The Morgan fingerprint density at radius 1 is 1.55 bits per heavy atom. The molecule has 2 aromatic rings. The van der Waals surface area contributed by atoms with Gasteiger partial charge in [-0.3, -0.25) is 4.79 Å². The maximum absolute atomic E-state index is 12.4. The number of carboxylic acids is 1. The van der Waals surface area contributed by atoms with E-state index >= 15 is 0 Å². The van der Waals surface area contributed by atoms with Gasteiger partial charge in [0.05, 0.1) is 17.0 Å². The molecule has 2 aromatic heterocycles. The molecule has 1 unspecified atom stereocenters. The summed E-state index contributed by atoms with van der Waals surface area (Å²) in [5.74, 6) is -0.0460. The smallest absolute Gasteiger partial charge is 0.326 e. The van der Waals surface area contributed by atoms with Gasteiger partial charge in [-0.05, 0) is 31.2 Å². The van der Waals surface area contributed by atoms with Crippen LogP contribution in [0.1, 0.15) is 24.3 Å². The van der Waals surface area contributed by atoms with Gasteiger partial charge < -0.3 is 14.4 Å². The molecule has 1 saturated heterocycles. The third kappa shape index (κ3) is 2.76. The number of aromatic nitrogens is 1. The Morgan fingerprint density at radius 3 is 3.05 bits per heavy atom. The molecule has 22 heavy (non-hydrogen) atoms. The highest BCUT2D eigenvalue weighted by Gasteiger charge is 2.34. The summed E-state index contributed by atoms with van der Waals surface area (Å²) in [4.78, 5) is 30.3. The topological polar surface area (TPSA) is 83.6 Å². The average molecular weight is 320 g/mol. The molecule has 0 aromatic carbocycles. The Morgan fingerprint density at radius 2 is 2.36 bits per heavy atom. The normalized spacial score (nSPS) is 17.9. The van der Waals surface area contributed by atoms with Crippen molar-refractivity contribution in [2.75, 3.05) is 6.54 Å². The summed E-state index contributed by atoms with van der Waals surface area (Å²) in [6.07, 6.45) is 1.31. The number of rotatable bonds is 4. The molecule has 1 N–H and O–H groups in total. The molecule has 0 aliphatic carbocycles. The zero-order chi connectivity index (χ0) is 15.7. The minimum atomic E-state index is -0.943. The molecular formula is C15H16N2O4S. The van der Waals surface area contributed by atoms with Crippen molar-refractivity contribution >= 4 is 23.2 Å². The lowest BCUT2D eigenvalue weighted by Gasteiger charge is -2.20. The Hall–Kier alpha value is -2.15. The van der Waals surface area contributed by atoms with Crippen molar-refractivity contribution in [3.63, 3.8) is 0 Å². The highest BCUT2D eigenvalue weighted by molar-refractivity contribution is 7.13. The minimum Gasteiger partial charge on any atom is -0.480 e. The van der Waals surface area contributed by atoms with Crippen molar-refractivity contribution in [1.82, 2.24) is 9.88 Å². The van der Waals surface area contributed by atoms with Crippen molar-refractivity contribution in [3.8, 4) is 10.8 Å². The number of hydrogen-bond donors (Lipinski definition) is 1. The Bertz CT molecular complexity index is 692. The zero-order valence-electron chi connectivity index (χ0n) is 12.1. The van der Waals surface area contributed by atoms with Crippen LogP contribution in [0.3, 0.4) is 0 Å². The third-order valence-corrected chi connectivity index (χ3v) is 4.66. The number of hydrogen-bond acceptors (Lipinski definition) is 5. The summed E-state index contributed by atoms with van der Waals surface area (Å²) in [6.45, 7) is 2.26. The van der Waals surface area contributed by atoms with E-state index in [-0.39, 0.29) is 12.3 Å². The Labute approximate surface area is 131 Å². The molecule has 0 radical (unpaired) electrons. The Balaban J connectivity index is 1.76. The second-order valence-corrected chi connectivity index (χ2v) is 6.21. The molecule has 116 valence electrons. The van der Waals surface area contributed by atoms with Crippen molar-refractivity contribution < 1.29 is 19.1 Å². The number of carbonyl (C=O) groups is 2. The van der Waals surface area contributed by atoms with Crippen LogP contribution >= 0.6 is 11.3 Å². The van der Waals surface area contributed by atoms with E-state index in [1.165, 1.54) is 16.2 Å². The number of thiophene rings is 1. The van der Waals surface area contributed by atoms with Crippen molar-refractivity contribution in [2.24, 2.45) is 0 Å². The maximum atomic E-state index is 12.4. The van der Waals surface area contributed by atoms with Gasteiger partial charge in [-0.2, -0.15) is 0 Å². The van der Waals surface area contributed by atoms with Crippen LogP contribution in [-0.2, 0) is 16.0 Å². The van der Waals surface area contributed by atoms with Crippen LogP contribution in [0.5, 0.6) is 0 Å². The quantitative estimate of drug-likeness (QED) is 0.934. The van der Waals surface area contributed by atoms with Crippen molar-refractivity contribution in [3.05, 3.63) is 29.0 Å². The fourth-order valence-corrected chi connectivity index (χ4v) is 3.31. The van der Waals surface area contributed by atoms with E-state index in [9.17, 15) is 9.59 Å². The zero-order valence-corrected chi connectivity index (χ0v) is 12.9. The minimum absolute atomic E-state index is 0.0739. The molecule has 3 rings (SSSR count). The second-order valence-electron chi connectivity index (χ2n) is 5.26. The largest absolute Gasteiger partial charge is 0.480 e. The number of amides is 1. The fourth-order valence-electron chi connectivity index (χ4n) is 2.66.